The molecule has 0 saturated carbocycles. The maximum Gasteiger partial charge on any atom is 0.153 e. The maximum absolute atomic E-state index is 13.4. The van der Waals surface area contributed by atoms with E-state index in [4.69, 9.17) is 33.0 Å². The Morgan fingerprint density at radius 1 is 0.862 bits per heavy atom. The van der Waals surface area contributed by atoms with Crippen molar-refractivity contribution in [3.8, 4) is 11.5 Å². The lowest BCUT2D eigenvalue weighted by Gasteiger charge is -2.10. The minimum Gasteiger partial charge on any atom is -0.507 e. The van der Waals surface area contributed by atoms with Crippen molar-refractivity contribution in [2.75, 3.05) is 0 Å². The normalized spacial score (nSPS) is 9.93. The summed E-state index contributed by atoms with van der Waals surface area (Å²) in [5.41, 5.74) is 0.256. The fourth-order valence-electron chi connectivity index (χ4n) is 2.18. The van der Waals surface area contributed by atoms with Crippen molar-refractivity contribution >= 4 is 35.8 Å². The molecule has 3 rings (SSSR count). The van der Waals surface area contributed by atoms with Crippen molar-refractivity contribution in [2.24, 2.45) is 0 Å². The Balaban J connectivity index is 0.000000253. The minimum absolute atomic E-state index is 0.0422. The summed E-state index contributed by atoms with van der Waals surface area (Å²) in [6.07, 6.45) is 1.13. The van der Waals surface area contributed by atoms with Gasteiger partial charge < -0.3 is 9.84 Å². The van der Waals surface area contributed by atoms with E-state index in [1.807, 2.05) is 0 Å². The number of phenolic OH excluding ortho intramolecular Hbond substituents is 1. The molecule has 1 N–H and O–H groups in total. The molecule has 0 amide bonds. The summed E-state index contributed by atoms with van der Waals surface area (Å²) < 4.78 is 32.0. The lowest BCUT2D eigenvalue weighted by Crippen LogP contribution is -2.03. The Labute approximate surface area is 175 Å². The second-order valence-electron chi connectivity index (χ2n) is 5.61. The van der Waals surface area contributed by atoms with Crippen molar-refractivity contribution in [1.82, 2.24) is 0 Å². The van der Waals surface area contributed by atoms with Gasteiger partial charge >= 0.3 is 0 Å². The van der Waals surface area contributed by atoms with Gasteiger partial charge in [-0.05, 0) is 48.5 Å². The smallest absolute Gasteiger partial charge is 0.153 e. The monoisotopic (exact) mass is 438 g/mol. The Hall–Kier alpha value is -2.96. The summed E-state index contributed by atoms with van der Waals surface area (Å²) in [6, 6.07) is 12.3. The molecule has 0 bridgehead atoms. The number of rotatable bonds is 5. The molecule has 150 valence electrons. The van der Waals surface area contributed by atoms with Gasteiger partial charge in [0, 0.05) is 10.0 Å². The number of ether oxygens (including phenoxy) is 1. The summed E-state index contributed by atoms with van der Waals surface area (Å²) in [4.78, 5) is 21.0. The average molecular weight is 439 g/mol. The first kappa shape index (κ1) is 22.3. The predicted octanol–water partition coefficient (Wildman–Crippen LogP) is 5.87. The lowest BCUT2D eigenvalue weighted by molar-refractivity contribution is 0.111. The van der Waals surface area contributed by atoms with Gasteiger partial charge in [0.2, 0.25) is 0 Å². The highest BCUT2D eigenvalue weighted by Gasteiger charge is 2.10. The van der Waals surface area contributed by atoms with Crippen LogP contribution in [0.25, 0.3) is 0 Å². The SMILES string of the molecule is O=Cc1cc(Cl)ccc1O.O=Cc1cc(Cl)ccc1OCc1c(F)cccc1F. The van der Waals surface area contributed by atoms with Crippen LogP contribution in [0.5, 0.6) is 11.5 Å². The standard InChI is InChI=1S/C14H9ClF2O2.C7H5ClO2/c15-10-4-5-14(9(6-10)7-18)19-8-11-12(16)2-1-3-13(11)17;8-6-1-2-7(10)5(3-6)4-9/h1-7H,8H2;1-4,10H. The number of carbonyl (C=O) groups excluding carboxylic acids is 2. The molecule has 0 unspecified atom stereocenters. The van der Waals surface area contributed by atoms with Crippen LogP contribution < -0.4 is 4.74 Å². The molecule has 3 aromatic carbocycles. The van der Waals surface area contributed by atoms with E-state index in [0.717, 1.165) is 12.1 Å². The fourth-order valence-corrected chi connectivity index (χ4v) is 2.54. The van der Waals surface area contributed by atoms with Crippen LogP contribution >= 0.6 is 23.2 Å². The molecule has 0 spiro atoms. The minimum atomic E-state index is -0.693. The Bertz CT molecular complexity index is 1010. The predicted molar refractivity (Wildman–Crippen MR) is 106 cm³/mol. The molecule has 0 heterocycles. The molecular weight excluding hydrogens is 425 g/mol. The third kappa shape index (κ3) is 6.27. The lowest BCUT2D eigenvalue weighted by atomic mass is 10.2. The topological polar surface area (TPSA) is 63.6 Å². The van der Waals surface area contributed by atoms with E-state index in [1.54, 1.807) is 0 Å². The van der Waals surface area contributed by atoms with Gasteiger partial charge in [-0.1, -0.05) is 29.3 Å². The quantitative estimate of drug-likeness (QED) is 0.506. The van der Waals surface area contributed by atoms with E-state index in [2.05, 4.69) is 0 Å². The third-order valence-corrected chi connectivity index (χ3v) is 4.12. The summed E-state index contributed by atoms with van der Waals surface area (Å²) in [5.74, 6) is -1.20. The van der Waals surface area contributed by atoms with E-state index >= 15 is 0 Å². The van der Waals surface area contributed by atoms with Crippen LogP contribution in [0, 0.1) is 11.6 Å². The van der Waals surface area contributed by atoms with E-state index < -0.39 is 11.6 Å². The van der Waals surface area contributed by atoms with Crippen LogP contribution in [0.4, 0.5) is 8.78 Å². The number of hydrogen-bond acceptors (Lipinski definition) is 4. The number of carbonyl (C=O) groups is 2. The number of aromatic hydroxyl groups is 1. The van der Waals surface area contributed by atoms with Gasteiger partial charge in [0.05, 0.1) is 16.7 Å². The molecular formula is C21H14Cl2F2O4. The molecule has 0 aliphatic rings. The van der Waals surface area contributed by atoms with Crippen LogP contribution in [-0.4, -0.2) is 17.7 Å². The summed E-state index contributed by atoms with van der Waals surface area (Å²) >= 11 is 11.3. The van der Waals surface area contributed by atoms with Crippen LogP contribution in [0.2, 0.25) is 10.0 Å². The molecule has 0 aliphatic carbocycles. The zero-order valence-corrected chi connectivity index (χ0v) is 16.3. The van der Waals surface area contributed by atoms with Crippen LogP contribution in [-0.2, 0) is 6.61 Å². The number of aldehydes is 2. The largest absolute Gasteiger partial charge is 0.507 e. The molecule has 0 atom stereocenters. The zero-order valence-electron chi connectivity index (χ0n) is 14.7. The van der Waals surface area contributed by atoms with Crippen LogP contribution in [0.1, 0.15) is 26.3 Å². The first-order valence-electron chi connectivity index (χ1n) is 8.09. The molecule has 3 aromatic rings. The highest BCUT2D eigenvalue weighted by atomic mass is 35.5. The average Bonchev–Trinajstić information content (AvgIpc) is 2.70. The van der Waals surface area contributed by atoms with Crippen molar-refractivity contribution in [2.45, 2.75) is 6.61 Å². The molecule has 0 fully saturated rings. The van der Waals surface area contributed by atoms with E-state index in [9.17, 15) is 18.4 Å². The third-order valence-electron chi connectivity index (χ3n) is 3.65. The number of halogens is 4. The van der Waals surface area contributed by atoms with Crippen molar-refractivity contribution in [1.29, 1.82) is 0 Å². The van der Waals surface area contributed by atoms with Crippen molar-refractivity contribution in [3.63, 3.8) is 0 Å². The molecule has 0 radical (unpaired) electrons. The number of phenols is 1. The zero-order chi connectivity index (χ0) is 21.4. The van der Waals surface area contributed by atoms with Gasteiger partial charge in [-0.15, -0.1) is 0 Å². The van der Waals surface area contributed by atoms with Gasteiger partial charge in [0.1, 0.15) is 29.7 Å². The highest BCUT2D eigenvalue weighted by molar-refractivity contribution is 6.31. The number of hydrogen-bond donors (Lipinski definition) is 1. The van der Waals surface area contributed by atoms with E-state index in [-0.39, 0.29) is 34.8 Å². The van der Waals surface area contributed by atoms with Gasteiger partial charge in [0.25, 0.3) is 0 Å². The molecule has 4 nitrogen and oxygen atoms in total. The van der Waals surface area contributed by atoms with Gasteiger partial charge in [-0.2, -0.15) is 0 Å². The van der Waals surface area contributed by atoms with Gasteiger partial charge in [-0.25, -0.2) is 8.78 Å². The summed E-state index contributed by atoms with van der Waals surface area (Å²) in [5, 5.41) is 9.77. The van der Waals surface area contributed by atoms with Crippen LogP contribution in [0.15, 0.2) is 54.6 Å². The molecule has 0 aliphatic heterocycles. The van der Waals surface area contributed by atoms with Gasteiger partial charge in [0.15, 0.2) is 12.6 Å². The second-order valence-corrected chi connectivity index (χ2v) is 6.48. The first-order chi connectivity index (χ1) is 13.8. The van der Waals surface area contributed by atoms with Crippen LogP contribution in [0.3, 0.4) is 0 Å². The van der Waals surface area contributed by atoms with Crippen molar-refractivity contribution in [3.05, 3.63) is 93.0 Å². The summed E-state index contributed by atoms with van der Waals surface area (Å²) in [6.45, 7) is -0.305. The second kappa shape index (κ2) is 10.5. The number of benzene rings is 3. The first-order valence-corrected chi connectivity index (χ1v) is 8.85. The Morgan fingerprint density at radius 3 is 1.97 bits per heavy atom. The van der Waals surface area contributed by atoms with E-state index in [0.29, 0.717) is 22.6 Å². The van der Waals surface area contributed by atoms with E-state index in [1.165, 1.54) is 42.5 Å². The molecule has 29 heavy (non-hydrogen) atoms. The highest BCUT2D eigenvalue weighted by Crippen LogP contribution is 2.23. The van der Waals surface area contributed by atoms with Crippen molar-refractivity contribution < 1.29 is 28.2 Å². The fraction of sp³-hybridized carbons (Fsp3) is 0.0476. The summed E-state index contributed by atoms with van der Waals surface area (Å²) in [7, 11) is 0. The molecule has 0 saturated heterocycles. The Kier molecular flexibility index (Phi) is 8.12. The van der Waals surface area contributed by atoms with Gasteiger partial charge in [-0.3, -0.25) is 9.59 Å². The Morgan fingerprint density at radius 2 is 1.41 bits per heavy atom. The molecule has 8 heteroatoms. The maximum atomic E-state index is 13.4. The molecule has 0 aromatic heterocycles.